The van der Waals surface area contributed by atoms with Crippen LogP contribution in [0.1, 0.15) is 38.5 Å². The molecular formula is C17H20Cl2N2O2. The Labute approximate surface area is 146 Å². The zero-order valence-corrected chi connectivity index (χ0v) is 14.4. The highest BCUT2D eigenvalue weighted by Gasteiger charge is 2.36. The van der Waals surface area contributed by atoms with E-state index >= 15 is 0 Å². The Kier molecular flexibility index (Phi) is 5.12. The van der Waals surface area contributed by atoms with E-state index in [1.54, 1.807) is 23.1 Å². The number of benzene rings is 1. The minimum atomic E-state index is -0.320. The van der Waals surface area contributed by atoms with Gasteiger partial charge in [0.15, 0.2) is 0 Å². The van der Waals surface area contributed by atoms with Gasteiger partial charge in [-0.05, 0) is 25.0 Å². The summed E-state index contributed by atoms with van der Waals surface area (Å²) >= 11 is 12.2. The summed E-state index contributed by atoms with van der Waals surface area (Å²) in [7, 11) is 0. The summed E-state index contributed by atoms with van der Waals surface area (Å²) in [6.45, 7) is 0.359. The zero-order chi connectivity index (χ0) is 16.4. The van der Waals surface area contributed by atoms with Crippen molar-refractivity contribution in [3.8, 4) is 0 Å². The molecule has 1 heterocycles. The number of amides is 2. The molecule has 2 aliphatic rings. The fourth-order valence-corrected chi connectivity index (χ4v) is 3.78. The van der Waals surface area contributed by atoms with E-state index in [9.17, 15) is 9.59 Å². The SMILES string of the molecule is O=C(NC1CCCCC1)[C@H]1CC(=O)N(c2cccc(Cl)c2Cl)C1. The molecule has 1 N–H and O–H groups in total. The van der Waals surface area contributed by atoms with Crippen molar-refractivity contribution in [3.05, 3.63) is 28.2 Å². The standard InChI is InChI=1S/C17H20Cl2N2O2/c18-13-7-4-8-14(16(13)19)21-10-11(9-15(21)22)17(23)20-12-5-2-1-3-6-12/h4,7-8,11-12H,1-3,5-6,9-10H2,(H,20,23)/t11-/m0/s1. The lowest BCUT2D eigenvalue weighted by molar-refractivity contribution is -0.127. The number of nitrogens with one attached hydrogen (secondary N) is 1. The molecule has 23 heavy (non-hydrogen) atoms. The molecule has 2 amide bonds. The maximum absolute atomic E-state index is 12.4. The second-order valence-electron chi connectivity index (χ2n) is 6.32. The van der Waals surface area contributed by atoms with Crippen LogP contribution in [0.2, 0.25) is 10.0 Å². The minimum Gasteiger partial charge on any atom is -0.353 e. The average molecular weight is 355 g/mol. The molecule has 1 aromatic carbocycles. The van der Waals surface area contributed by atoms with E-state index in [1.165, 1.54) is 19.3 Å². The van der Waals surface area contributed by atoms with Gasteiger partial charge in [-0.25, -0.2) is 0 Å². The number of anilines is 1. The smallest absolute Gasteiger partial charge is 0.227 e. The van der Waals surface area contributed by atoms with Crippen LogP contribution in [0.3, 0.4) is 0 Å². The van der Waals surface area contributed by atoms with E-state index in [4.69, 9.17) is 23.2 Å². The second-order valence-corrected chi connectivity index (χ2v) is 7.11. The topological polar surface area (TPSA) is 49.4 Å². The van der Waals surface area contributed by atoms with Crippen LogP contribution in [0, 0.1) is 5.92 Å². The molecule has 2 fully saturated rings. The average Bonchev–Trinajstić information content (AvgIpc) is 2.93. The highest BCUT2D eigenvalue weighted by atomic mass is 35.5. The first-order chi connectivity index (χ1) is 11.1. The van der Waals surface area contributed by atoms with E-state index < -0.39 is 0 Å². The van der Waals surface area contributed by atoms with Crippen LogP contribution in [-0.2, 0) is 9.59 Å². The van der Waals surface area contributed by atoms with E-state index in [-0.39, 0.29) is 30.2 Å². The Morgan fingerprint density at radius 3 is 2.65 bits per heavy atom. The molecule has 124 valence electrons. The molecule has 1 saturated carbocycles. The van der Waals surface area contributed by atoms with Crippen molar-refractivity contribution in [2.75, 3.05) is 11.4 Å². The Morgan fingerprint density at radius 2 is 1.91 bits per heavy atom. The van der Waals surface area contributed by atoms with Gasteiger partial charge in [-0.2, -0.15) is 0 Å². The van der Waals surface area contributed by atoms with Gasteiger partial charge in [0.1, 0.15) is 0 Å². The van der Waals surface area contributed by atoms with Gasteiger partial charge in [0, 0.05) is 19.0 Å². The zero-order valence-electron chi connectivity index (χ0n) is 12.9. The quantitative estimate of drug-likeness (QED) is 0.897. The molecule has 1 aromatic rings. The number of nitrogens with zero attached hydrogens (tertiary/aromatic N) is 1. The van der Waals surface area contributed by atoms with Gasteiger partial charge in [-0.15, -0.1) is 0 Å². The largest absolute Gasteiger partial charge is 0.353 e. The molecule has 0 unspecified atom stereocenters. The summed E-state index contributed by atoms with van der Waals surface area (Å²) in [5.74, 6) is -0.427. The van der Waals surface area contributed by atoms with E-state index in [0.29, 0.717) is 22.3 Å². The Morgan fingerprint density at radius 1 is 1.17 bits per heavy atom. The third kappa shape index (κ3) is 3.64. The highest BCUT2D eigenvalue weighted by Crippen LogP contribution is 2.35. The van der Waals surface area contributed by atoms with Gasteiger partial charge >= 0.3 is 0 Å². The van der Waals surface area contributed by atoms with Crippen LogP contribution in [0.4, 0.5) is 5.69 Å². The summed E-state index contributed by atoms with van der Waals surface area (Å²) in [6, 6.07) is 5.45. The molecule has 1 saturated heterocycles. The van der Waals surface area contributed by atoms with Crippen molar-refractivity contribution >= 4 is 40.7 Å². The predicted octanol–water partition coefficient (Wildman–Crippen LogP) is 3.80. The first-order valence-corrected chi connectivity index (χ1v) is 8.86. The lowest BCUT2D eigenvalue weighted by atomic mass is 9.95. The van der Waals surface area contributed by atoms with Crippen molar-refractivity contribution in [2.45, 2.75) is 44.6 Å². The van der Waals surface area contributed by atoms with Gasteiger partial charge in [-0.3, -0.25) is 9.59 Å². The molecule has 3 rings (SSSR count). The van der Waals surface area contributed by atoms with E-state index in [2.05, 4.69) is 5.32 Å². The van der Waals surface area contributed by atoms with Crippen molar-refractivity contribution < 1.29 is 9.59 Å². The summed E-state index contributed by atoms with van der Waals surface area (Å²) in [4.78, 5) is 26.3. The Hall–Kier alpha value is -1.26. The third-order valence-corrected chi connectivity index (χ3v) is 5.48. The molecule has 1 aliphatic heterocycles. The van der Waals surface area contributed by atoms with Gasteiger partial charge in [0.05, 0.1) is 21.7 Å². The summed E-state index contributed by atoms with van der Waals surface area (Å²) in [5, 5.41) is 3.87. The number of rotatable bonds is 3. The fraction of sp³-hybridized carbons (Fsp3) is 0.529. The van der Waals surface area contributed by atoms with Gasteiger partial charge in [-0.1, -0.05) is 48.5 Å². The number of carbonyl (C=O) groups is 2. The van der Waals surface area contributed by atoms with Crippen LogP contribution in [0.25, 0.3) is 0 Å². The molecular weight excluding hydrogens is 335 g/mol. The van der Waals surface area contributed by atoms with Gasteiger partial charge in [0.25, 0.3) is 0 Å². The highest BCUT2D eigenvalue weighted by molar-refractivity contribution is 6.44. The first kappa shape index (κ1) is 16.6. The summed E-state index contributed by atoms with van der Waals surface area (Å²) < 4.78 is 0. The molecule has 0 aromatic heterocycles. The monoisotopic (exact) mass is 354 g/mol. The Balaban J connectivity index is 1.67. The number of hydrogen-bond acceptors (Lipinski definition) is 2. The fourth-order valence-electron chi connectivity index (χ4n) is 3.38. The van der Waals surface area contributed by atoms with Crippen LogP contribution in [0.5, 0.6) is 0 Å². The first-order valence-electron chi connectivity index (χ1n) is 8.11. The van der Waals surface area contributed by atoms with E-state index in [0.717, 1.165) is 12.8 Å². The molecule has 6 heteroatoms. The molecule has 0 spiro atoms. The lowest BCUT2D eigenvalue weighted by Crippen LogP contribution is -2.40. The third-order valence-electron chi connectivity index (χ3n) is 4.67. The molecule has 4 nitrogen and oxygen atoms in total. The number of carbonyl (C=O) groups excluding carboxylic acids is 2. The van der Waals surface area contributed by atoms with Crippen LogP contribution < -0.4 is 10.2 Å². The lowest BCUT2D eigenvalue weighted by Gasteiger charge is -2.24. The Bertz CT molecular complexity index is 615. The molecule has 1 atom stereocenters. The van der Waals surface area contributed by atoms with Gasteiger partial charge < -0.3 is 10.2 Å². The normalized spacial score (nSPS) is 22.4. The maximum Gasteiger partial charge on any atom is 0.227 e. The molecule has 0 bridgehead atoms. The second kappa shape index (κ2) is 7.10. The summed E-state index contributed by atoms with van der Waals surface area (Å²) in [6.07, 6.45) is 5.88. The molecule has 1 aliphatic carbocycles. The van der Waals surface area contributed by atoms with Crippen LogP contribution >= 0.6 is 23.2 Å². The van der Waals surface area contributed by atoms with Crippen LogP contribution in [-0.4, -0.2) is 24.4 Å². The number of halogens is 2. The van der Waals surface area contributed by atoms with Gasteiger partial charge in [0.2, 0.25) is 11.8 Å². The van der Waals surface area contributed by atoms with Crippen molar-refractivity contribution in [2.24, 2.45) is 5.92 Å². The molecule has 0 radical (unpaired) electrons. The van der Waals surface area contributed by atoms with E-state index in [1.807, 2.05) is 0 Å². The number of hydrogen-bond donors (Lipinski definition) is 1. The maximum atomic E-state index is 12.4. The predicted molar refractivity (Wildman–Crippen MR) is 91.9 cm³/mol. The van der Waals surface area contributed by atoms with Crippen molar-refractivity contribution in [3.63, 3.8) is 0 Å². The van der Waals surface area contributed by atoms with Crippen molar-refractivity contribution in [1.82, 2.24) is 5.32 Å². The van der Waals surface area contributed by atoms with Crippen molar-refractivity contribution in [1.29, 1.82) is 0 Å². The summed E-state index contributed by atoms with van der Waals surface area (Å²) in [5.41, 5.74) is 0.581. The minimum absolute atomic E-state index is 0.0223. The van der Waals surface area contributed by atoms with Crippen LogP contribution in [0.15, 0.2) is 18.2 Å².